The summed E-state index contributed by atoms with van der Waals surface area (Å²) in [7, 11) is -3.77. The fourth-order valence-electron chi connectivity index (χ4n) is 3.01. The smallest absolute Gasteiger partial charge is 0.271 e. The van der Waals surface area contributed by atoms with Crippen molar-refractivity contribution in [2.75, 3.05) is 24.6 Å². The van der Waals surface area contributed by atoms with Gasteiger partial charge >= 0.3 is 0 Å². The van der Waals surface area contributed by atoms with E-state index in [2.05, 4.69) is 4.72 Å². The van der Waals surface area contributed by atoms with Crippen LogP contribution in [0.15, 0.2) is 33.9 Å². The molecule has 1 saturated heterocycles. The number of piperidine rings is 1. The van der Waals surface area contributed by atoms with E-state index in [1.165, 1.54) is 6.07 Å². The van der Waals surface area contributed by atoms with Crippen LogP contribution in [-0.4, -0.2) is 39.1 Å². The fraction of sp³-hybridized carbons (Fsp3) is 0.353. The highest BCUT2D eigenvalue weighted by molar-refractivity contribution is 7.94. The highest BCUT2D eigenvalue weighted by Crippen LogP contribution is 2.35. The van der Waals surface area contributed by atoms with Crippen molar-refractivity contribution in [2.45, 2.75) is 23.5 Å². The van der Waals surface area contributed by atoms with Crippen molar-refractivity contribution in [3.8, 4) is 11.5 Å². The second-order valence-electron chi connectivity index (χ2n) is 6.18. The van der Waals surface area contributed by atoms with Crippen LogP contribution in [0.2, 0.25) is 0 Å². The van der Waals surface area contributed by atoms with Gasteiger partial charge in [0.1, 0.15) is 4.21 Å². The predicted molar refractivity (Wildman–Crippen MR) is 97.4 cm³/mol. The number of hydrogen-bond acceptors (Lipinski definition) is 6. The SMILES string of the molecule is O=C(c1csc(S(=O)(=O)Nc2ccc3c(c2)OCO3)c1)N1CCCCC1. The molecule has 26 heavy (non-hydrogen) atoms. The number of nitrogens with one attached hydrogen (secondary N) is 1. The van der Waals surface area contributed by atoms with Gasteiger partial charge in [-0.15, -0.1) is 11.3 Å². The Kier molecular flexibility index (Phi) is 4.49. The summed E-state index contributed by atoms with van der Waals surface area (Å²) in [5.41, 5.74) is 0.800. The molecule has 9 heteroatoms. The van der Waals surface area contributed by atoms with Gasteiger partial charge in [-0.2, -0.15) is 0 Å². The second-order valence-corrected chi connectivity index (χ2v) is 9.00. The first-order valence-corrected chi connectivity index (χ1v) is 10.7. The minimum Gasteiger partial charge on any atom is -0.454 e. The number of ether oxygens (including phenoxy) is 2. The third-order valence-corrected chi connectivity index (χ3v) is 7.18. The number of likely N-dealkylation sites (tertiary alicyclic amines) is 1. The van der Waals surface area contributed by atoms with E-state index >= 15 is 0 Å². The molecule has 1 fully saturated rings. The molecule has 0 bridgehead atoms. The topological polar surface area (TPSA) is 84.9 Å². The lowest BCUT2D eigenvalue weighted by Gasteiger charge is -2.26. The van der Waals surface area contributed by atoms with Crippen molar-refractivity contribution in [1.29, 1.82) is 0 Å². The molecule has 3 heterocycles. The lowest BCUT2D eigenvalue weighted by Crippen LogP contribution is -2.35. The Hall–Kier alpha value is -2.26. The molecule has 0 aliphatic carbocycles. The number of hydrogen-bond donors (Lipinski definition) is 1. The third kappa shape index (κ3) is 3.36. The van der Waals surface area contributed by atoms with E-state index in [4.69, 9.17) is 9.47 Å². The van der Waals surface area contributed by atoms with Crippen LogP contribution < -0.4 is 14.2 Å². The van der Waals surface area contributed by atoms with Crippen molar-refractivity contribution >= 4 is 33.0 Å². The Balaban J connectivity index is 1.51. The molecule has 2 aromatic rings. The van der Waals surface area contributed by atoms with Crippen LogP contribution >= 0.6 is 11.3 Å². The minimum absolute atomic E-state index is 0.106. The van der Waals surface area contributed by atoms with Crippen molar-refractivity contribution in [1.82, 2.24) is 4.90 Å². The summed E-state index contributed by atoms with van der Waals surface area (Å²) < 4.78 is 38.3. The number of sulfonamides is 1. The average Bonchev–Trinajstić information content (AvgIpc) is 3.31. The fourth-order valence-corrected chi connectivity index (χ4v) is 5.22. The van der Waals surface area contributed by atoms with Crippen LogP contribution in [0.1, 0.15) is 29.6 Å². The number of thiophene rings is 1. The summed E-state index contributed by atoms with van der Waals surface area (Å²) in [6.45, 7) is 1.58. The van der Waals surface area contributed by atoms with Crippen molar-refractivity contribution in [3.05, 3.63) is 35.2 Å². The molecular weight excluding hydrogens is 376 g/mol. The van der Waals surface area contributed by atoms with E-state index in [1.807, 2.05) is 0 Å². The van der Waals surface area contributed by atoms with Crippen LogP contribution in [0.5, 0.6) is 11.5 Å². The zero-order valence-electron chi connectivity index (χ0n) is 13.9. The number of benzene rings is 1. The summed E-state index contributed by atoms with van der Waals surface area (Å²) >= 11 is 1.04. The first-order valence-electron chi connectivity index (χ1n) is 8.33. The van der Waals surface area contributed by atoms with E-state index < -0.39 is 10.0 Å². The molecule has 7 nitrogen and oxygen atoms in total. The van der Waals surface area contributed by atoms with Gasteiger partial charge in [-0.1, -0.05) is 0 Å². The van der Waals surface area contributed by atoms with Gasteiger partial charge in [0, 0.05) is 24.5 Å². The number of amides is 1. The van der Waals surface area contributed by atoms with Crippen LogP contribution in [0.4, 0.5) is 5.69 Å². The maximum absolute atomic E-state index is 12.6. The monoisotopic (exact) mass is 394 g/mol. The van der Waals surface area contributed by atoms with E-state index in [0.29, 0.717) is 22.7 Å². The normalized spacial score (nSPS) is 16.5. The molecule has 1 aromatic carbocycles. The Morgan fingerprint density at radius 2 is 1.85 bits per heavy atom. The number of fused-ring (bicyclic) bond motifs is 1. The molecule has 2 aliphatic heterocycles. The number of anilines is 1. The molecule has 0 saturated carbocycles. The highest BCUT2D eigenvalue weighted by atomic mass is 32.2. The van der Waals surface area contributed by atoms with Gasteiger partial charge in [0.15, 0.2) is 11.5 Å². The van der Waals surface area contributed by atoms with Crippen LogP contribution in [-0.2, 0) is 10.0 Å². The zero-order valence-corrected chi connectivity index (χ0v) is 15.6. The molecule has 0 spiro atoms. The molecule has 1 N–H and O–H groups in total. The standard InChI is InChI=1S/C17H18N2O5S2/c20-17(19-6-2-1-3-7-19)12-8-16(25-10-12)26(21,22)18-13-4-5-14-15(9-13)24-11-23-14/h4-5,8-10,18H,1-3,6-7,11H2. The average molecular weight is 394 g/mol. The lowest BCUT2D eigenvalue weighted by atomic mass is 10.1. The first-order chi connectivity index (χ1) is 12.5. The summed E-state index contributed by atoms with van der Waals surface area (Å²) in [4.78, 5) is 14.3. The van der Waals surface area contributed by atoms with Gasteiger partial charge in [0.05, 0.1) is 11.3 Å². The Labute approximate surface area is 155 Å². The van der Waals surface area contributed by atoms with Gasteiger partial charge in [0.25, 0.3) is 15.9 Å². The largest absolute Gasteiger partial charge is 0.454 e. The maximum atomic E-state index is 12.6. The van der Waals surface area contributed by atoms with E-state index in [9.17, 15) is 13.2 Å². The van der Waals surface area contributed by atoms with E-state index in [-0.39, 0.29) is 16.9 Å². The Morgan fingerprint density at radius 3 is 2.65 bits per heavy atom. The highest BCUT2D eigenvalue weighted by Gasteiger charge is 2.24. The molecule has 2 aliphatic rings. The van der Waals surface area contributed by atoms with Crippen LogP contribution in [0, 0.1) is 0 Å². The van der Waals surface area contributed by atoms with Crippen LogP contribution in [0.3, 0.4) is 0 Å². The quantitative estimate of drug-likeness (QED) is 0.862. The van der Waals surface area contributed by atoms with Crippen molar-refractivity contribution in [3.63, 3.8) is 0 Å². The number of nitrogens with zero attached hydrogens (tertiary/aromatic N) is 1. The molecule has 1 aromatic heterocycles. The van der Waals surface area contributed by atoms with E-state index in [0.717, 1.165) is 43.7 Å². The summed E-state index contributed by atoms with van der Waals surface area (Å²) in [6.07, 6.45) is 3.12. The first kappa shape index (κ1) is 17.2. The van der Waals surface area contributed by atoms with Gasteiger partial charge in [-0.05, 0) is 37.5 Å². The molecule has 1 amide bonds. The maximum Gasteiger partial charge on any atom is 0.271 e. The van der Waals surface area contributed by atoms with Crippen molar-refractivity contribution < 1.29 is 22.7 Å². The predicted octanol–water partition coefficient (Wildman–Crippen LogP) is 2.90. The van der Waals surface area contributed by atoms with Gasteiger partial charge < -0.3 is 14.4 Å². The Morgan fingerprint density at radius 1 is 1.08 bits per heavy atom. The van der Waals surface area contributed by atoms with Gasteiger partial charge in [-0.3, -0.25) is 9.52 Å². The summed E-state index contributed by atoms with van der Waals surface area (Å²) in [5, 5.41) is 1.60. The third-order valence-electron chi connectivity index (χ3n) is 4.36. The summed E-state index contributed by atoms with van der Waals surface area (Å²) in [6, 6.07) is 6.28. The van der Waals surface area contributed by atoms with Gasteiger partial charge in [-0.25, -0.2) is 8.42 Å². The molecule has 138 valence electrons. The Bertz CT molecular complexity index is 932. The molecular formula is C17H18N2O5S2. The zero-order chi connectivity index (χ0) is 18.1. The summed E-state index contributed by atoms with van der Waals surface area (Å²) in [5.74, 6) is 0.973. The number of rotatable bonds is 4. The number of carbonyl (C=O) groups excluding carboxylic acids is 1. The molecule has 0 radical (unpaired) electrons. The van der Waals surface area contributed by atoms with Crippen molar-refractivity contribution in [2.24, 2.45) is 0 Å². The minimum atomic E-state index is -3.77. The van der Waals surface area contributed by atoms with Crippen LogP contribution in [0.25, 0.3) is 0 Å². The van der Waals surface area contributed by atoms with E-state index in [1.54, 1.807) is 28.5 Å². The second kappa shape index (κ2) is 6.81. The lowest BCUT2D eigenvalue weighted by molar-refractivity contribution is 0.0724. The molecule has 0 unspecified atom stereocenters. The van der Waals surface area contributed by atoms with Gasteiger partial charge in [0.2, 0.25) is 6.79 Å². The number of carbonyl (C=O) groups is 1. The molecule has 0 atom stereocenters. The molecule has 4 rings (SSSR count).